The fourth-order valence-electron chi connectivity index (χ4n) is 3.46. The van der Waals surface area contributed by atoms with Crippen LogP contribution in [0.15, 0.2) is 42.7 Å². The second-order valence-electron chi connectivity index (χ2n) is 6.06. The van der Waals surface area contributed by atoms with Gasteiger partial charge in [0, 0.05) is 6.54 Å². The molecular formula is C17H18FN5. The summed E-state index contributed by atoms with van der Waals surface area (Å²) < 4.78 is 13.4. The molecule has 2 aromatic carbocycles. The molecule has 2 heterocycles. The Bertz CT molecular complexity index is 796. The van der Waals surface area contributed by atoms with Crippen LogP contribution >= 0.6 is 0 Å². The molecule has 118 valence electrons. The standard InChI is InChI=1S/C17H18FN5/c18-16-6-5-12-8-14(4-3-13(12)9-16)17(23-21-11-20-22-23)15-2-1-7-19-10-15/h3-6,8-9,11,15,17,19H,1-2,7,10H2/t15-,17-/m0/s1. The Morgan fingerprint density at radius 2 is 2.04 bits per heavy atom. The molecule has 1 aromatic heterocycles. The number of hydrogen-bond acceptors (Lipinski definition) is 4. The van der Waals surface area contributed by atoms with Crippen molar-refractivity contribution in [3.63, 3.8) is 0 Å². The number of fused-ring (bicyclic) bond motifs is 1. The van der Waals surface area contributed by atoms with E-state index >= 15 is 0 Å². The zero-order valence-electron chi connectivity index (χ0n) is 12.7. The molecule has 0 bridgehead atoms. The number of tetrazole rings is 1. The molecule has 23 heavy (non-hydrogen) atoms. The van der Waals surface area contributed by atoms with Crippen molar-refractivity contribution in [3.05, 3.63) is 54.1 Å². The normalized spacial score (nSPS) is 19.8. The number of benzene rings is 2. The van der Waals surface area contributed by atoms with Gasteiger partial charge < -0.3 is 5.32 Å². The minimum atomic E-state index is -0.212. The highest BCUT2D eigenvalue weighted by Crippen LogP contribution is 2.31. The van der Waals surface area contributed by atoms with Gasteiger partial charge in [0.25, 0.3) is 0 Å². The molecule has 1 aliphatic heterocycles. The zero-order chi connectivity index (χ0) is 15.6. The van der Waals surface area contributed by atoms with Crippen LogP contribution in [0.25, 0.3) is 10.8 Å². The van der Waals surface area contributed by atoms with E-state index in [0.717, 1.165) is 42.3 Å². The van der Waals surface area contributed by atoms with Crippen LogP contribution < -0.4 is 5.32 Å². The van der Waals surface area contributed by atoms with E-state index in [1.165, 1.54) is 12.4 Å². The molecule has 1 saturated heterocycles. The van der Waals surface area contributed by atoms with E-state index < -0.39 is 0 Å². The van der Waals surface area contributed by atoms with E-state index in [0.29, 0.717) is 5.92 Å². The van der Waals surface area contributed by atoms with Gasteiger partial charge in [-0.05, 0) is 65.1 Å². The van der Waals surface area contributed by atoms with E-state index in [9.17, 15) is 4.39 Å². The third kappa shape index (κ3) is 2.82. The van der Waals surface area contributed by atoms with Gasteiger partial charge in [0.05, 0.1) is 0 Å². The van der Waals surface area contributed by atoms with Crippen LogP contribution in [0.4, 0.5) is 4.39 Å². The molecule has 0 saturated carbocycles. The van der Waals surface area contributed by atoms with Crippen molar-refractivity contribution in [3.8, 4) is 0 Å². The van der Waals surface area contributed by atoms with Gasteiger partial charge in [-0.1, -0.05) is 18.2 Å². The predicted molar refractivity (Wildman–Crippen MR) is 85.5 cm³/mol. The summed E-state index contributed by atoms with van der Waals surface area (Å²) in [7, 11) is 0. The molecule has 1 fully saturated rings. The molecule has 1 N–H and O–H groups in total. The summed E-state index contributed by atoms with van der Waals surface area (Å²) in [5.74, 6) is 0.201. The van der Waals surface area contributed by atoms with Crippen molar-refractivity contribution in [2.75, 3.05) is 13.1 Å². The molecule has 0 radical (unpaired) electrons. The topological polar surface area (TPSA) is 55.6 Å². The first-order valence-electron chi connectivity index (χ1n) is 7.94. The van der Waals surface area contributed by atoms with Crippen molar-refractivity contribution < 1.29 is 4.39 Å². The van der Waals surface area contributed by atoms with Gasteiger partial charge >= 0.3 is 0 Å². The van der Waals surface area contributed by atoms with Crippen LogP contribution in [0.5, 0.6) is 0 Å². The average Bonchev–Trinajstić information content (AvgIpc) is 3.10. The van der Waals surface area contributed by atoms with Crippen molar-refractivity contribution in [1.29, 1.82) is 0 Å². The Balaban J connectivity index is 1.77. The number of nitrogens with zero attached hydrogens (tertiary/aromatic N) is 4. The second-order valence-corrected chi connectivity index (χ2v) is 6.06. The fraction of sp³-hybridized carbons (Fsp3) is 0.353. The maximum Gasteiger partial charge on any atom is 0.162 e. The lowest BCUT2D eigenvalue weighted by Gasteiger charge is -2.30. The minimum absolute atomic E-state index is 0.0414. The lowest BCUT2D eigenvalue weighted by atomic mass is 9.87. The molecule has 6 heteroatoms. The van der Waals surface area contributed by atoms with E-state index in [4.69, 9.17) is 0 Å². The quantitative estimate of drug-likeness (QED) is 0.807. The molecule has 2 atom stereocenters. The number of halogens is 1. The van der Waals surface area contributed by atoms with Gasteiger partial charge in [-0.25, -0.2) is 4.39 Å². The van der Waals surface area contributed by atoms with Gasteiger partial charge in [0.15, 0.2) is 6.33 Å². The Labute approximate surface area is 133 Å². The summed E-state index contributed by atoms with van der Waals surface area (Å²) in [5, 5.41) is 17.7. The molecule has 0 unspecified atom stereocenters. The first kappa shape index (κ1) is 14.3. The Hall–Kier alpha value is -2.34. The number of nitrogens with one attached hydrogen (secondary N) is 1. The molecule has 0 spiro atoms. The smallest absolute Gasteiger partial charge is 0.162 e. The summed E-state index contributed by atoms with van der Waals surface area (Å²) in [6, 6.07) is 11.0. The second kappa shape index (κ2) is 6.04. The number of piperidine rings is 1. The Morgan fingerprint density at radius 3 is 2.83 bits per heavy atom. The Kier molecular flexibility index (Phi) is 3.75. The van der Waals surface area contributed by atoms with Gasteiger partial charge in [0.1, 0.15) is 11.9 Å². The first-order chi connectivity index (χ1) is 11.3. The van der Waals surface area contributed by atoms with E-state index in [1.807, 2.05) is 18.2 Å². The predicted octanol–water partition coefficient (Wildman–Crippen LogP) is 2.55. The number of hydrogen-bond donors (Lipinski definition) is 1. The van der Waals surface area contributed by atoms with Crippen LogP contribution in [0.1, 0.15) is 24.4 Å². The Morgan fingerprint density at radius 1 is 1.17 bits per heavy atom. The van der Waals surface area contributed by atoms with Crippen molar-refractivity contribution in [2.24, 2.45) is 5.92 Å². The molecule has 1 aliphatic rings. The van der Waals surface area contributed by atoms with Gasteiger partial charge in [0.2, 0.25) is 0 Å². The van der Waals surface area contributed by atoms with E-state index in [-0.39, 0.29) is 11.9 Å². The highest BCUT2D eigenvalue weighted by atomic mass is 19.1. The fourth-order valence-corrected chi connectivity index (χ4v) is 3.46. The summed E-state index contributed by atoms with van der Waals surface area (Å²) in [6.07, 6.45) is 3.75. The molecule has 0 amide bonds. The minimum Gasteiger partial charge on any atom is -0.316 e. The maximum absolute atomic E-state index is 13.4. The van der Waals surface area contributed by atoms with Crippen molar-refractivity contribution in [2.45, 2.75) is 18.9 Å². The average molecular weight is 311 g/mol. The van der Waals surface area contributed by atoms with Gasteiger partial charge in [-0.3, -0.25) is 0 Å². The molecule has 3 aromatic rings. The van der Waals surface area contributed by atoms with Crippen molar-refractivity contribution >= 4 is 10.8 Å². The van der Waals surface area contributed by atoms with Crippen molar-refractivity contribution in [1.82, 2.24) is 25.5 Å². The number of aromatic nitrogens is 4. The van der Waals surface area contributed by atoms with Gasteiger partial charge in [-0.15, -0.1) is 10.2 Å². The van der Waals surface area contributed by atoms with Crippen LogP contribution in [0.2, 0.25) is 0 Å². The summed E-state index contributed by atoms with van der Waals surface area (Å²) >= 11 is 0. The van der Waals surface area contributed by atoms with Crippen LogP contribution in [0.3, 0.4) is 0 Å². The maximum atomic E-state index is 13.4. The van der Waals surface area contributed by atoms with Crippen LogP contribution in [-0.4, -0.2) is 33.3 Å². The highest BCUT2D eigenvalue weighted by Gasteiger charge is 2.28. The molecule has 4 rings (SSSR count). The lowest BCUT2D eigenvalue weighted by Crippen LogP contribution is -2.36. The zero-order valence-corrected chi connectivity index (χ0v) is 12.7. The van der Waals surface area contributed by atoms with Gasteiger partial charge in [-0.2, -0.15) is 4.80 Å². The van der Waals surface area contributed by atoms with Crippen LogP contribution in [0, 0.1) is 11.7 Å². The summed E-state index contributed by atoms with van der Waals surface area (Å²) in [6.45, 7) is 2.00. The van der Waals surface area contributed by atoms with E-state index in [2.05, 4.69) is 26.8 Å². The third-order valence-electron chi connectivity index (χ3n) is 4.56. The van der Waals surface area contributed by atoms with Crippen LogP contribution in [-0.2, 0) is 0 Å². The number of rotatable bonds is 3. The SMILES string of the molecule is Fc1ccc2cc([C@@H]([C@H]3CCCNC3)n3ncnn3)ccc2c1. The molecule has 5 nitrogen and oxygen atoms in total. The molecular weight excluding hydrogens is 293 g/mol. The first-order valence-corrected chi connectivity index (χ1v) is 7.94. The lowest BCUT2D eigenvalue weighted by molar-refractivity contribution is 0.261. The largest absolute Gasteiger partial charge is 0.316 e. The highest BCUT2D eigenvalue weighted by molar-refractivity contribution is 5.83. The third-order valence-corrected chi connectivity index (χ3v) is 4.56. The monoisotopic (exact) mass is 311 g/mol. The summed E-state index contributed by atoms with van der Waals surface area (Å²) in [4.78, 5) is 1.70. The summed E-state index contributed by atoms with van der Waals surface area (Å²) in [5.41, 5.74) is 1.14. The molecule has 0 aliphatic carbocycles. The van der Waals surface area contributed by atoms with E-state index in [1.54, 1.807) is 10.9 Å².